The lowest BCUT2D eigenvalue weighted by Gasteiger charge is -2.45. The number of carbonyl (C=O) groups is 1. The van der Waals surface area contributed by atoms with Gasteiger partial charge < -0.3 is 14.5 Å². The molecular formula is C15H23N3O2S. The highest BCUT2D eigenvalue weighted by molar-refractivity contribution is 7.13. The summed E-state index contributed by atoms with van der Waals surface area (Å²) in [4.78, 5) is 21.0. The standard InChI is InChI=1S/C15H23N3O2S/c1-3-20-14(19)12-10-21-15(16-12)18-8-6-13-11(9-18)5-4-7-17(13)2/h10-11,13H,3-9H2,1-2H3. The molecule has 2 unspecified atom stereocenters. The van der Waals surface area contributed by atoms with Crippen LogP contribution in [0.2, 0.25) is 0 Å². The van der Waals surface area contributed by atoms with E-state index in [1.807, 2.05) is 12.3 Å². The predicted molar refractivity (Wildman–Crippen MR) is 84.0 cm³/mol. The van der Waals surface area contributed by atoms with E-state index in [1.54, 1.807) is 11.3 Å². The summed E-state index contributed by atoms with van der Waals surface area (Å²) in [6.45, 7) is 5.53. The van der Waals surface area contributed by atoms with Gasteiger partial charge in [-0.05, 0) is 45.7 Å². The Balaban J connectivity index is 1.67. The summed E-state index contributed by atoms with van der Waals surface area (Å²) in [6, 6.07) is 0.722. The van der Waals surface area contributed by atoms with Crippen LogP contribution < -0.4 is 4.90 Å². The van der Waals surface area contributed by atoms with Crippen molar-refractivity contribution in [2.24, 2.45) is 5.92 Å². The minimum absolute atomic E-state index is 0.313. The van der Waals surface area contributed by atoms with Crippen LogP contribution >= 0.6 is 11.3 Å². The van der Waals surface area contributed by atoms with E-state index < -0.39 is 0 Å². The normalized spacial score (nSPS) is 26.5. The largest absolute Gasteiger partial charge is 0.461 e. The molecule has 2 aliphatic heterocycles. The van der Waals surface area contributed by atoms with Crippen LogP contribution in [0, 0.1) is 5.92 Å². The molecule has 1 aromatic heterocycles. The summed E-state index contributed by atoms with van der Waals surface area (Å²) in [7, 11) is 2.24. The van der Waals surface area contributed by atoms with E-state index in [0.29, 0.717) is 12.3 Å². The number of nitrogens with zero attached hydrogens (tertiary/aromatic N) is 3. The number of likely N-dealkylation sites (tertiary alicyclic amines) is 1. The number of thiazole rings is 1. The molecule has 1 aromatic rings. The molecule has 0 saturated carbocycles. The number of esters is 1. The summed E-state index contributed by atoms with van der Waals surface area (Å²) >= 11 is 1.55. The van der Waals surface area contributed by atoms with Crippen molar-refractivity contribution in [3.63, 3.8) is 0 Å². The topological polar surface area (TPSA) is 45.7 Å². The Morgan fingerprint density at radius 2 is 2.33 bits per heavy atom. The highest BCUT2D eigenvalue weighted by Gasteiger charge is 2.35. The quantitative estimate of drug-likeness (QED) is 0.801. The minimum atomic E-state index is -0.313. The molecule has 21 heavy (non-hydrogen) atoms. The number of aromatic nitrogens is 1. The molecule has 2 aliphatic rings. The third kappa shape index (κ3) is 3.06. The molecule has 3 rings (SSSR count). The van der Waals surface area contributed by atoms with Crippen molar-refractivity contribution in [3.8, 4) is 0 Å². The Bertz CT molecular complexity index is 505. The van der Waals surface area contributed by atoms with Crippen LogP contribution in [0.5, 0.6) is 0 Å². The molecule has 0 bridgehead atoms. The molecule has 2 fully saturated rings. The third-order valence-corrected chi connectivity index (χ3v) is 5.49. The molecule has 2 atom stereocenters. The maximum Gasteiger partial charge on any atom is 0.357 e. The first-order valence-electron chi connectivity index (χ1n) is 7.77. The molecular weight excluding hydrogens is 286 g/mol. The molecule has 0 N–H and O–H groups in total. The van der Waals surface area contributed by atoms with Gasteiger partial charge in [0.15, 0.2) is 10.8 Å². The van der Waals surface area contributed by atoms with E-state index in [1.165, 1.54) is 25.8 Å². The van der Waals surface area contributed by atoms with Crippen LogP contribution in [-0.4, -0.2) is 55.2 Å². The van der Waals surface area contributed by atoms with Gasteiger partial charge >= 0.3 is 5.97 Å². The molecule has 2 saturated heterocycles. The average Bonchev–Trinajstić information content (AvgIpc) is 2.97. The van der Waals surface area contributed by atoms with E-state index >= 15 is 0 Å². The highest BCUT2D eigenvalue weighted by Crippen LogP contribution is 2.33. The van der Waals surface area contributed by atoms with Gasteiger partial charge in [-0.3, -0.25) is 0 Å². The van der Waals surface area contributed by atoms with Crippen LogP contribution in [0.15, 0.2) is 5.38 Å². The van der Waals surface area contributed by atoms with Crippen molar-refractivity contribution in [1.29, 1.82) is 0 Å². The molecule has 0 aliphatic carbocycles. The van der Waals surface area contributed by atoms with Crippen molar-refractivity contribution in [3.05, 3.63) is 11.1 Å². The predicted octanol–water partition coefficient (Wildman–Crippen LogP) is 2.24. The second-order valence-corrected chi connectivity index (χ2v) is 6.76. The van der Waals surface area contributed by atoms with E-state index in [2.05, 4.69) is 21.8 Å². The van der Waals surface area contributed by atoms with Crippen molar-refractivity contribution in [2.45, 2.75) is 32.2 Å². The number of fused-ring (bicyclic) bond motifs is 1. The molecule has 0 aromatic carbocycles. The monoisotopic (exact) mass is 309 g/mol. The van der Waals surface area contributed by atoms with E-state index in [9.17, 15) is 4.79 Å². The number of ether oxygens (including phenoxy) is 1. The molecule has 0 amide bonds. The van der Waals surface area contributed by atoms with E-state index in [4.69, 9.17) is 4.74 Å². The minimum Gasteiger partial charge on any atom is -0.461 e. The van der Waals surface area contributed by atoms with Crippen molar-refractivity contribution in [2.75, 3.05) is 38.2 Å². The van der Waals surface area contributed by atoms with E-state index in [0.717, 1.165) is 30.2 Å². The lowest BCUT2D eigenvalue weighted by molar-refractivity contribution is 0.0520. The molecule has 6 heteroatoms. The Morgan fingerprint density at radius 1 is 1.48 bits per heavy atom. The molecule has 3 heterocycles. The first-order chi connectivity index (χ1) is 10.2. The summed E-state index contributed by atoms with van der Waals surface area (Å²) in [5.74, 6) is 0.416. The number of rotatable bonds is 3. The van der Waals surface area contributed by atoms with Crippen LogP contribution in [0.1, 0.15) is 36.7 Å². The Kier molecular flexibility index (Phi) is 4.45. The fourth-order valence-electron chi connectivity index (χ4n) is 3.53. The van der Waals surface area contributed by atoms with Gasteiger partial charge in [0, 0.05) is 24.5 Å². The van der Waals surface area contributed by atoms with Crippen LogP contribution in [0.4, 0.5) is 5.13 Å². The summed E-state index contributed by atoms with van der Waals surface area (Å²) in [5.41, 5.74) is 0.444. The van der Waals surface area contributed by atoms with Gasteiger partial charge in [-0.25, -0.2) is 9.78 Å². The second kappa shape index (κ2) is 6.32. The zero-order valence-corrected chi connectivity index (χ0v) is 13.6. The van der Waals surface area contributed by atoms with Gasteiger partial charge in [0.2, 0.25) is 0 Å². The zero-order valence-electron chi connectivity index (χ0n) is 12.7. The van der Waals surface area contributed by atoms with Gasteiger partial charge in [0.25, 0.3) is 0 Å². The third-order valence-electron chi connectivity index (χ3n) is 4.59. The smallest absolute Gasteiger partial charge is 0.357 e. The zero-order chi connectivity index (χ0) is 14.8. The average molecular weight is 309 g/mol. The fourth-order valence-corrected chi connectivity index (χ4v) is 4.37. The summed E-state index contributed by atoms with van der Waals surface area (Å²) in [5, 5.41) is 2.77. The second-order valence-electron chi connectivity index (χ2n) is 5.92. The SMILES string of the molecule is CCOC(=O)c1csc(N2CCC3C(CCCN3C)C2)n1. The highest BCUT2D eigenvalue weighted by atomic mass is 32.1. The lowest BCUT2D eigenvalue weighted by atomic mass is 9.84. The molecule has 116 valence electrons. The van der Waals surface area contributed by atoms with Crippen LogP contribution in [0.25, 0.3) is 0 Å². The van der Waals surface area contributed by atoms with Crippen molar-refractivity contribution in [1.82, 2.24) is 9.88 Å². The maximum absolute atomic E-state index is 11.7. The maximum atomic E-state index is 11.7. The number of anilines is 1. The van der Waals surface area contributed by atoms with Gasteiger partial charge in [0.05, 0.1) is 6.61 Å². The number of hydrogen-bond acceptors (Lipinski definition) is 6. The molecule has 0 radical (unpaired) electrons. The Labute approximate surface area is 129 Å². The number of hydrogen-bond donors (Lipinski definition) is 0. The van der Waals surface area contributed by atoms with Crippen molar-refractivity contribution < 1.29 is 9.53 Å². The van der Waals surface area contributed by atoms with Gasteiger partial charge in [0.1, 0.15) is 0 Å². The van der Waals surface area contributed by atoms with Crippen molar-refractivity contribution >= 4 is 22.4 Å². The Hall–Kier alpha value is -1.14. The van der Waals surface area contributed by atoms with E-state index in [-0.39, 0.29) is 5.97 Å². The number of piperidine rings is 2. The Morgan fingerprint density at radius 3 is 3.14 bits per heavy atom. The fraction of sp³-hybridized carbons (Fsp3) is 0.733. The summed E-state index contributed by atoms with van der Waals surface area (Å²) in [6.07, 6.45) is 3.79. The van der Waals surface area contributed by atoms with Gasteiger partial charge in [-0.15, -0.1) is 11.3 Å². The summed E-state index contributed by atoms with van der Waals surface area (Å²) < 4.78 is 5.01. The van der Waals surface area contributed by atoms with Gasteiger partial charge in [-0.2, -0.15) is 0 Å². The number of carbonyl (C=O) groups excluding carboxylic acids is 1. The first kappa shape index (κ1) is 14.8. The van der Waals surface area contributed by atoms with Gasteiger partial charge in [-0.1, -0.05) is 0 Å². The first-order valence-corrected chi connectivity index (χ1v) is 8.65. The van der Waals surface area contributed by atoms with Crippen LogP contribution in [0.3, 0.4) is 0 Å². The van der Waals surface area contributed by atoms with Crippen LogP contribution in [-0.2, 0) is 4.74 Å². The molecule has 0 spiro atoms. The lowest BCUT2D eigenvalue weighted by Crippen LogP contribution is -2.52. The molecule has 5 nitrogen and oxygen atoms in total.